The second kappa shape index (κ2) is 9.12. The number of nitrogens with zero attached hydrogens (tertiary/aromatic N) is 3. The van der Waals surface area contributed by atoms with Gasteiger partial charge >= 0.3 is 0 Å². The molecule has 1 aromatic carbocycles. The number of likely N-dealkylation sites (tertiary alicyclic amines) is 1. The van der Waals surface area contributed by atoms with Gasteiger partial charge in [0, 0.05) is 18.7 Å². The largest absolute Gasteiger partial charge is 0.476 e. The van der Waals surface area contributed by atoms with Crippen molar-refractivity contribution in [2.45, 2.75) is 63.0 Å². The molecule has 1 aliphatic carbocycles. The van der Waals surface area contributed by atoms with Gasteiger partial charge in [0.15, 0.2) is 0 Å². The van der Waals surface area contributed by atoms with Gasteiger partial charge in [0.2, 0.25) is 11.8 Å². The minimum Gasteiger partial charge on any atom is -0.476 e. The number of hydrogen-bond donors (Lipinski definition) is 0. The first kappa shape index (κ1) is 21.9. The Morgan fingerprint density at radius 3 is 2.66 bits per heavy atom. The zero-order valence-corrected chi connectivity index (χ0v) is 20.0. The van der Waals surface area contributed by atoms with Gasteiger partial charge in [-0.25, -0.2) is 8.51 Å². The molecule has 1 atom stereocenters. The normalized spacial score (nSPS) is 22.8. The fourth-order valence-electron chi connectivity index (χ4n) is 4.60. The number of pyridine rings is 1. The highest BCUT2D eigenvalue weighted by atomic mass is 32.2. The Morgan fingerprint density at radius 2 is 1.91 bits per heavy atom. The first-order chi connectivity index (χ1) is 15.5. The summed E-state index contributed by atoms with van der Waals surface area (Å²) in [5.41, 5.74) is 3.03. The Hall–Kier alpha value is -1.96. The van der Waals surface area contributed by atoms with Gasteiger partial charge < -0.3 is 9.47 Å². The third-order valence-electron chi connectivity index (χ3n) is 6.81. The van der Waals surface area contributed by atoms with Crippen molar-refractivity contribution in [1.82, 2.24) is 14.2 Å². The molecule has 1 saturated heterocycles. The number of benzene rings is 1. The Kier molecular flexibility index (Phi) is 6.23. The van der Waals surface area contributed by atoms with E-state index in [-0.39, 0.29) is 5.60 Å². The summed E-state index contributed by atoms with van der Waals surface area (Å²) in [7, 11) is -1.33. The van der Waals surface area contributed by atoms with E-state index in [9.17, 15) is 4.21 Å². The van der Waals surface area contributed by atoms with Crippen molar-refractivity contribution in [3.05, 3.63) is 47.0 Å². The lowest BCUT2D eigenvalue weighted by atomic mass is 10.1. The molecule has 1 spiro atoms. The van der Waals surface area contributed by atoms with Crippen LogP contribution in [0.1, 0.15) is 48.8 Å². The van der Waals surface area contributed by atoms with Crippen LogP contribution in [-0.2, 0) is 17.5 Å². The second-order valence-corrected chi connectivity index (χ2v) is 10.9. The molecule has 5 rings (SSSR count). The lowest BCUT2D eigenvalue weighted by Gasteiger charge is -2.26. The number of fused-ring (bicyclic) bond motifs is 1. The fourth-order valence-corrected chi connectivity index (χ4v) is 6.00. The lowest BCUT2D eigenvalue weighted by molar-refractivity contribution is 0.141. The third kappa shape index (κ3) is 4.70. The lowest BCUT2D eigenvalue weighted by Crippen LogP contribution is -2.35. The summed E-state index contributed by atoms with van der Waals surface area (Å²) in [5, 5.41) is 0. The van der Waals surface area contributed by atoms with Gasteiger partial charge in [-0.2, -0.15) is 4.98 Å². The number of piperidine rings is 1. The van der Waals surface area contributed by atoms with Crippen LogP contribution >= 0.6 is 0 Å². The van der Waals surface area contributed by atoms with Crippen LogP contribution < -0.4 is 9.47 Å². The van der Waals surface area contributed by atoms with Crippen LogP contribution in [0.25, 0.3) is 0 Å². The molecule has 2 aliphatic heterocycles. The van der Waals surface area contributed by atoms with Crippen LogP contribution in [-0.4, -0.2) is 56.8 Å². The summed E-state index contributed by atoms with van der Waals surface area (Å²) in [6.07, 6.45) is 5.82. The van der Waals surface area contributed by atoms with Crippen molar-refractivity contribution in [2.75, 3.05) is 32.8 Å². The van der Waals surface area contributed by atoms with Crippen LogP contribution in [0.15, 0.2) is 35.2 Å². The molecule has 2 aromatic rings. The highest BCUT2D eigenvalue weighted by Gasteiger charge is 2.50. The van der Waals surface area contributed by atoms with E-state index in [0.717, 1.165) is 38.0 Å². The topological polar surface area (TPSA) is 54.9 Å². The van der Waals surface area contributed by atoms with Gasteiger partial charge in [0.1, 0.15) is 28.1 Å². The number of ether oxygens (including phenoxy) is 2. The minimum absolute atomic E-state index is 0.281. The van der Waals surface area contributed by atoms with Gasteiger partial charge in [-0.15, -0.1) is 0 Å². The molecule has 1 saturated carbocycles. The van der Waals surface area contributed by atoms with Crippen molar-refractivity contribution >= 4 is 11.0 Å². The number of rotatable bonds is 6. The summed E-state index contributed by atoms with van der Waals surface area (Å²) in [6, 6.07) is 10.2. The summed E-state index contributed by atoms with van der Waals surface area (Å²) in [4.78, 5) is 7.83. The van der Waals surface area contributed by atoms with Gasteiger partial charge in [-0.1, -0.05) is 30.7 Å². The quantitative estimate of drug-likeness (QED) is 0.659. The van der Waals surface area contributed by atoms with Gasteiger partial charge in [-0.05, 0) is 69.8 Å². The molecule has 0 N–H and O–H groups in total. The molecular formula is C25H33N3O3S. The molecule has 0 amide bonds. The van der Waals surface area contributed by atoms with E-state index < -0.39 is 11.0 Å². The van der Waals surface area contributed by atoms with E-state index in [1.807, 2.05) is 29.4 Å². The van der Waals surface area contributed by atoms with Crippen molar-refractivity contribution in [2.24, 2.45) is 0 Å². The zero-order chi connectivity index (χ0) is 22.1. The average Bonchev–Trinajstić information content (AvgIpc) is 3.57. The maximum absolute atomic E-state index is 13.6. The Bertz CT molecular complexity index is 1000. The molecule has 1 unspecified atom stereocenters. The highest BCUT2D eigenvalue weighted by molar-refractivity contribution is 7.82. The zero-order valence-electron chi connectivity index (χ0n) is 19.1. The Balaban J connectivity index is 1.35. The number of aryl methyl sites for hydroxylation is 2. The van der Waals surface area contributed by atoms with E-state index in [4.69, 9.17) is 14.5 Å². The van der Waals surface area contributed by atoms with E-state index in [1.165, 1.54) is 30.4 Å². The second-order valence-electron chi connectivity index (χ2n) is 9.42. The molecular weight excluding hydrogens is 422 g/mol. The predicted octanol–water partition coefficient (Wildman–Crippen LogP) is 4.01. The van der Waals surface area contributed by atoms with E-state index in [0.29, 0.717) is 36.4 Å². The molecule has 32 heavy (non-hydrogen) atoms. The molecule has 2 fully saturated rings. The first-order valence-corrected chi connectivity index (χ1v) is 12.9. The maximum Gasteiger partial charge on any atom is 0.235 e. The van der Waals surface area contributed by atoms with Crippen LogP contribution in [0.4, 0.5) is 0 Å². The smallest absolute Gasteiger partial charge is 0.235 e. The Labute approximate surface area is 193 Å². The van der Waals surface area contributed by atoms with Gasteiger partial charge in [0.25, 0.3) is 0 Å². The average molecular weight is 456 g/mol. The fraction of sp³-hybridized carbons (Fsp3) is 0.560. The van der Waals surface area contributed by atoms with Crippen molar-refractivity contribution < 1.29 is 13.7 Å². The van der Waals surface area contributed by atoms with Gasteiger partial charge in [-0.3, -0.25) is 4.90 Å². The Morgan fingerprint density at radius 1 is 1.12 bits per heavy atom. The van der Waals surface area contributed by atoms with Crippen LogP contribution in [0.3, 0.4) is 0 Å². The minimum atomic E-state index is -1.33. The predicted molar refractivity (Wildman–Crippen MR) is 125 cm³/mol. The highest BCUT2D eigenvalue weighted by Crippen LogP contribution is 2.46. The number of hydrogen-bond acceptors (Lipinski definition) is 5. The SMILES string of the molecule is Cc1ccccc1CN1CC2(CC2)Oc2nc(OCCN3CCCCC3)c(C)cc2S1=O. The first-order valence-electron chi connectivity index (χ1n) is 11.8. The summed E-state index contributed by atoms with van der Waals surface area (Å²) < 4.78 is 28.1. The monoisotopic (exact) mass is 455 g/mol. The van der Waals surface area contributed by atoms with Crippen molar-refractivity contribution in [1.29, 1.82) is 0 Å². The molecule has 1 aromatic heterocycles. The number of aromatic nitrogens is 1. The summed E-state index contributed by atoms with van der Waals surface area (Å²) >= 11 is 0. The summed E-state index contributed by atoms with van der Waals surface area (Å²) in [5.74, 6) is 1.08. The molecule has 0 radical (unpaired) electrons. The molecule has 6 nitrogen and oxygen atoms in total. The van der Waals surface area contributed by atoms with Gasteiger partial charge in [0.05, 0.1) is 6.54 Å². The summed E-state index contributed by atoms with van der Waals surface area (Å²) in [6.45, 7) is 9.20. The van der Waals surface area contributed by atoms with Crippen molar-refractivity contribution in [3.63, 3.8) is 0 Å². The maximum atomic E-state index is 13.6. The molecule has 7 heteroatoms. The molecule has 3 heterocycles. The van der Waals surface area contributed by atoms with Crippen LogP contribution in [0.5, 0.6) is 11.8 Å². The third-order valence-corrected chi connectivity index (χ3v) is 8.21. The van der Waals surface area contributed by atoms with E-state index >= 15 is 0 Å². The van der Waals surface area contributed by atoms with E-state index in [1.54, 1.807) is 0 Å². The van der Waals surface area contributed by atoms with Crippen LogP contribution in [0.2, 0.25) is 0 Å². The standard InChI is InChI=1S/C25H33N3O3S/c1-19-8-4-5-9-21(19)17-28-18-25(10-11-25)31-24-22(32(28)29)16-20(2)23(26-24)30-15-14-27-12-6-3-7-13-27/h4-5,8-9,16H,3,6-7,10-15,17-18H2,1-2H3. The molecule has 172 valence electrons. The molecule has 0 bridgehead atoms. The van der Waals surface area contributed by atoms with Crippen molar-refractivity contribution in [3.8, 4) is 11.8 Å². The van der Waals surface area contributed by atoms with E-state index in [2.05, 4.69) is 24.0 Å². The molecule has 3 aliphatic rings. The van der Waals surface area contributed by atoms with Crippen LogP contribution in [0, 0.1) is 13.8 Å².